The van der Waals surface area contributed by atoms with Crippen LogP contribution in [0.1, 0.15) is 33.1 Å². The van der Waals surface area contributed by atoms with Gasteiger partial charge >= 0.3 is 0 Å². The lowest BCUT2D eigenvalue weighted by Crippen LogP contribution is -2.55. The summed E-state index contributed by atoms with van der Waals surface area (Å²) in [4.78, 5) is 0. The summed E-state index contributed by atoms with van der Waals surface area (Å²) in [5, 5.41) is 0. The van der Waals surface area contributed by atoms with Gasteiger partial charge in [-0.3, -0.25) is 0 Å². The largest absolute Gasteiger partial charge is 0.376 e. The topological polar surface area (TPSA) is 35.2 Å². The molecule has 2 heteroatoms. The molecule has 12 heavy (non-hydrogen) atoms. The lowest BCUT2D eigenvalue weighted by molar-refractivity contribution is -0.0241. The van der Waals surface area contributed by atoms with E-state index in [0.29, 0.717) is 0 Å². The predicted octanol–water partition coefficient (Wildman–Crippen LogP) is 1.54. The molecule has 2 aliphatic rings. The predicted molar refractivity (Wildman–Crippen MR) is 48.8 cm³/mol. The zero-order chi connectivity index (χ0) is 8.98. The van der Waals surface area contributed by atoms with Crippen molar-refractivity contribution in [3.05, 3.63) is 0 Å². The average molecular weight is 169 g/mol. The van der Waals surface area contributed by atoms with Crippen LogP contribution in [-0.4, -0.2) is 18.2 Å². The Balaban J connectivity index is 2.22. The van der Waals surface area contributed by atoms with Crippen molar-refractivity contribution in [2.75, 3.05) is 7.11 Å². The first-order valence-corrected chi connectivity index (χ1v) is 4.87. The Morgan fingerprint density at radius 3 is 2.67 bits per heavy atom. The molecule has 4 unspecified atom stereocenters. The minimum Gasteiger partial charge on any atom is -0.376 e. The zero-order valence-corrected chi connectivity index (χ0v) is 8.26. The van der Waals surface area contributed by atoms with Gasteiger partial charge in [0, 0.05) is 12.6 Å². The molecular formula is C10H19NO. The molecule has 0 aromatic carbocycles. The van der Waals surface area contributed by atoms with Crippen LogP contribution in [0, 0.1) is 11.8 Å². The highest BCUT2D eigenvalue weighted by Gasteiger charge is 2.67. The summed E-state index contributed by atoms with van der Waals surface area (Å²) in [6, 6.07) is 0. The molecule has 70 valence electrons. The van der Waals surface area contributed by atoms with Gasteiger partial charge in [0.2, 0.25) is 0 Å². The van der Waals surface area contributed by atoms with Gasteiger partial charge in [0.05, 0.1) is 5.60 Å². The number of methoxy groups -OCH3 is 1. The zero-order valence-electron chi connectivity index (χ0n) is 8.26. The van der Waals surface area contributed by atoms with Crippen molar-refractivity contribution in [2.24, 2.45) is 17.6 Å². The van der Waals surface area contributed by atoms with Gasteiger partial charge in [-0.1, -0.05) is 6.92 Å². The Morgan fingerprint density at radius 1 is 1.50 bits per heavy atom. The third kappa shape index (κ3) is 0.826. The molecule has 0 aliphatic heterocycles. The van der Waals surface area contributed by atoms with Crippen LogP contribution in [-0.2, 0) is 4.74 Å². The van der Waals surface area contributed by atoms with Crippen molar-refractivity contribution in [3.63, 3.8) is 0 Å². The Bertz CT molecular complexity index is 202. The highest BCUT2D eigenvalue weighted by molar-refractivity contribution is 5.21. The van der Waals surface area contributed by atoms with Crippen LogP contribution < -0.4 is 5.73 Å². The molecule has 2 fully saturated rings. The van der Waals surface area contributed by atoms with Gasteiger partial charge < -0.3 is 10.5 Å². The smallest absolute Gasteiger partial charge is 0.0889 e. The SMILES string of the molecule is COC12CC1C(C)CCC2(C)N. The fraction of sp³-hybridized carbons (Fsp3) is 1.00. The molecule has 2 aliphatic carbocycles. The van der Waals surface area contributed by atoms with Crippen LogP contribution in [0.3, 0.4) is 0 Å². The van der Waals surface area contributed by atoms with Gasteiger partial charge in [-0.05, 0) is 38.0 Å². The Hall–Kier alpha value is -0.0800. The number of hydrogen-bond acceptors (Lipinski definition) is 2. The number of fused-ring (bicyclic) bond motifs is 1. The standard InChI is InChI=1S/C10H19NO/c1-7-4-5-9(2,11)10(12-3)6-8(7)10/h7-8H,4-6,11H2,1-3H3. The lowest BCUT2D eigenvalue weighted by Gasteiger charge is -2.40. The molecule has 2 nitrogen and oxygen atoms in total. The fourth-order valence-corrected chi connectivity index (χ4v) is 2.99. The van der Waals surface area contributed by atoms with E-state index in [4.69, 9.17) is 10.5 Å². The maximum absolute atomic E-state index is 6.25. The number of nitrogens with two attached hydrogens (primary N) is 1. The van der Waals surface area contributed by atoms with E-state index in [-0.39, 0.29) is 11.1 Å². The maximum atomic E-state index is 6.25. The maximum Gasteiger partial charge on any atom is 0.0889 e. The van der Waals surface area contributed by atoms with Crippen molar-refractivity contribution >= 4 is 0 Å². The van der Waals surface area contributed by atoms with Gasteiger partial charge in [-0.15, -0.1) is 0 Å². The van der Waals surface area contributed by atoms with E-state index in [9.17, 15) is 0 Å². The van der Waals surface area contributed by atoms with Crippen molar-refractivity contribution in [2.45, 2.75) is 44.2 Å². The molecule has 0 aromatic rings. The summed E-state index contributed by atoms with van der Waals surface area (Å²) in [6.45, 7) is 4.46. The van der Waals surface area contributed by atoms with Gasteiger partial charge in [0.1, 0.15) is 0 Å². The molecule has 0 bridgehead atoms. The van der Waals surface area contributed by atoms with Crippen LogP contribution in [0.25, 0.3) is 0 Å². The van der Waals surface area contributed by atoms with Crippen molar-refractivity contribution in [1.29, 1.82) is 0 Å². The molecule has 2 saturated carbocycles. The quantitative estimate of drug-likeness (QED) is 0.646. The van der Waals surface area contributed by atoms with E-state index >= 15 is 0 Å². The third-order valence-corrected chi connectivity index (χ3v) is 4.10. The second-order valence-electron chi connectivity index (χ2n) is 4.84. The second-order valence-corrected chi connectivity index (χ2v) is 4.84. The van der Waals surface area contributed by atoms with Crippen LogP contribution in [0.15, 0.2) is 0 Å². The second kappa shape index (κ2) is 2.24. The summed E-state index contributed by atoms with van der Waals surface area (Å²) in [5.41, 5.74) is 6.19. The number of rotatable bonds is 1. The molecule has 2 N–H and O–H groups in total. The first-order valence-electron chi connectivity index (χ1n) is 4.87. The molecule has 0 aromatic heterocycles. The van der Waals surface area contributed by atoms with E-state index in [0.717, 1.165) is 18.3 Å². The first-order chi connectivity index (χ1) is 5.53. The van der Waals surface area contributed by atoms with Crippen molar-refractivity contribution < 1.29 is 4.74 Å². The normalized spacial score (nSPS) is 58.0. The minimum absolute atomic E-state index is 0.0324. The lowest BCUT2D eigenvalue weighted by atomic mass is 9.76. The molecular weight excluding hydrogens is 150 g/mol. The molecule has 2 rings (SSSR count). The van der Waals surface area contributed by atoms with Gasteiger partial charge in [-0.25, -0.2) is 0 Å². The van der Waals surface area contributed by atoms with Gasteiger partial charge in [-0.2, -0.15) is 0 Å². The van der Waals surface area contributed by atoms with Gasteiger partial charge in [0.25, 0.3) is 0 Å². The minimum atomic E-state index is -0.0844. The van der Waals surface area contributed by atoms with E-state index in [2.05, 4.69) is 13.8 Å². The van der Waals surface area contributed by atoms with Crippen LogP contribution >= 0.6 is 0 Å². The molecule has 0 amide bonds. The molecule has 0 radical (unpaired) electrons. The Labute approximate surface area is 74.5 Å². The van der Waals surface area contributed by atoms with E-state index < -0.39 is 0 Å². The third-order valence-electron chi connectivity index (χ3n) is 4.10. The molecule has 0 heterocycles. The van der Waals surface area contributed by atoms with E-state index in [1.54, 1.807) is 0 Å². The molecule has 0 spiro atoms. The van der Waals surface area contributed by atoms with E-state index in [1.165, 1.54) is 12.8 Å². The first kappa shape index (κ1) is 8.52. The monoisotopic (exact) mass is 169 g/mol. The highest BCUT2D eigenvalue weighted by atomic mass is 16.5. The van der Waals surface area contributed by atoms with Crippen LogP contribution in [0.2, 0.25) is 0 Å². The van der Waals surface area contributed by atoms with Crippen molar-refractivity contribution in [3.8, 4) is 0 Å². The van der Waals surface area contributed by atoms with E-state index in [1.807, 2.05) is 7.11 Å². The average Bonchev–Trinajstić information content (AvgIpc) is 2.75. The Morgan fingerprint density at radius 2 is 2.17 bits per heavy atom. The summed E-state index contributed by atoms with van der Waals surface area (Å²) >= 11 is 0. The highest BCUT2D eigenvalue weighted by Crippen LogP contribution is 2.61. The van der Waals surface area contributed by atoms with Gasteiger partial charge in [0.15, 0.2) is 0 Å². The summed E-state index contributed by atoms with van der Waals surface area (Å²) < 4.78 is 5.61. The van der Waals surface area contributed by atoms with Crippen LogP contribution in [0.5, 0.6) is 0 Å². The summed E-state index contributed by atoms with van der Waals surface area (Å²) in [5.74, 6) is 1.54. The van der Waals surface area contributed by atoms with Crippen molar-refractivity contribution in [1.82, 2.24) is 0 Å². The summed E-state index contributed by atoms with van der Waals surface area (Å²) in [6.07, 6.45) is 3.55. The molecule has 4 atom stereocenters. The summed E-state index contributed by atoms with van der Waals surface area (Å²) in [7, 11) is 1.81. The number of ether oxygens (including phenoxy) is 1. The fourth-order valence-electron chi connectivity index (χ4n) is 2.99. The van der Waals surface area contributed by atoms with Crippen LogP contribution in [0.4, 0.5) is 0 Å². The molecule has 0 saturated heterocycles. The number of hydrogen-bond donors (Lipinski definition) is 1. The Kier molecular flexibility index (Phi) is 1.59.